The molecule has 3 amide bonds. The van der Waals surface area contributed by atoms with Crippen molar-refractivity contribution < 1.29 is 24.2 Å². The minimum Gasteiger partial charge on any atom is -0.481 e. The SMILES string of the molecule is CC(NC(=O)N(C)CCCC(=O)O)C(=O)N1CCOCC1. The molecule has 0 spiro atoms. The third-order valence-electron chi connectivity index (χ3n) is 3.26. The molecule has 0 radical (unpaired) electrons. The van der Waals surface area contributed by atoms with Gasteiger partial charge >= 0.3 is 12.0 Å². The number of rotatable bonds is 6. The van der Waals surface area contributed by atoms with Crippen LogP contribution in [-0.4, -0.2) is 78.8 Å². The van der Waals surface area contributed by atoms with E-state index in [0.29, 0.717) is 39.3 Å². The van der Waals surface area contributed by atoms with Gasteiger partial charge in [0.1, 0.15) is 6.04 Å². The number of urea groups is 1. The second-order valence-corrected chi connectivity index (χ2v) is 5.03. The first-order valence-electron chi connectivity index (χ1n) is 7.01. The number of nitrogens with zero attached hydrogens (tertiary/aromatic N) is 2. The van der Waals surface area contributed by atoms with Gasteiger partial charge in [0.2, 0.25) is 5.91 Å². The number of amides is 3. The number of carboxylic acids is 1. The normalized spacial score (nSPS) is 16.2. The number of hydrogen-bond acceptors (Lipinski definition) is 4. The number of carbonyl (C=O) groups is 3. The first-order chi connectivity index (χ1) is 9.91. The summed E-state index contributed by atoms with van der Waals surface area (Å²) in [6.07, 6.45) is 0.394. The van der Waals surface area contributed by atoms with E-state index in [1.54, 1.807) is 18.9 Å². The summed E-state index contributed by atoms with van der Waals surface area (Å²) in [5.74, 6) is -1.02. The van der Waals surface area contributed by atoms with Crippen LogP contribution in [0.4, 0.5) is 4.79 Å². The van der Waals surface area contributed by atoms with Gasteiger partial charge in [0, 0.05) is 33.1 Å². The maximum absolute atomic E-state index is 12.1. The minimum absolute atomic E-state index is 0.0138. The molecule has 2 N–H and O–H groups in total. The Hall–Kier alpha value is -1.83. The molecule has 8 nitrogen and oxygen atoms in total. The number of carbonyl (C=O) groups excluding carboxylic acids is 2. The van der Waals surface area contributed by atoms with Crippen molar-refractivity contribution in [2.45, 2.75) is 25.8 Å². The minimum atomic E-state index is -0.889. The van der Waals surface area contributed by atoms with Crippen LogP contribution >= 0.6 is 0 Å². The first-order valence-corrected chi connectivity index (χ1v) is 7.01. The van der Waals surface area contributed by atoms with Crippen molar-refractivity contribution in [3.63, 3.8) is 0 Å². The largest absolute Gasteiger partial charge is 0.481 e. The Kier molecular flexibility index (Phi) is 6.93. The molecule has 1 atom stereocenters. The zero-order chi connectivity index (χ0) is 15.8. The van der Waals surface area contributed by atoms with Crippen LogP contribution < -0.4 is 5.32 Å². The Labute approximate surface area is 124 Å². The molecule has 1 aliphatic rings. The van der Waals surface area contributed by atoms with Crippen LogP contribution in [0.1, 0.15) is 19.8 Å². The summed E-state index contributed by atoms with van der Waals surface area (Å²) in [6.45, 7) is 4.07. The molecule has 21 heavy (non-hydrogen) atoms. The van der Waals surface area contributed by atoms with Gasteiger partial charge in [-0.15, -0.1) is 0 Å². The molecular weight excluding hydrogens is 278 g/mol. The maximum Gasteiger partial charge on any atom is 0.317 e. The van der Waals surface area contributed by atoms with E-state index in [9.17, 15) is 14.4 Å². The fourth-order valence-corrected chi connectivity index (χ4v) is 1.98. The van der Waals surface area contributed by atoms with Crippen molar-refractivity contribution in [1.29, 1.82) is 0 Å². The fourth-order valence-electron chi connectivity index (χ4n) is 1.98. The number of ether oxygens (including phenoxy) is 1. The van der Waals surface area contributed by atoms with Crippen molar-refractivity contribution in [3.05, 3.63) is 0 Å². The highest BCUT2D eigenvalue weighted by molar-refractivity contribution is 5.86. The molecule has 8 heteroatoms. The highest BCUT2D eigenvalue weighted by Gasteiger charge is 2.24. The van der Waals surface area contributed by atoms with Gasteiger partial charge in [0.15, 0.2) is 0 Å². The summed E-state index contributed by atoms with van der Waals surface area (Å²) < 4.78 is 5.18. The Morgan fingerprint density at radius 3 is 2.52 bits per heavy atom. The van der Waals surface area contributed by atoms with E-state index in [4.69, 9.17) is 9.84 Å². The van der Waals surface area contributed by atoms with Gasteiger partial charge in [-0.3, -0.25) is 9.59 Å². The second-order valence-electron chi connectivity index (χ2n) is 5.03. The molecular formula is C13H23N3O5. The number of morpholine rings is 1. The lowest BCUT2D eigenvalue weighted by molar-refractivity contribution is -0.137. The zero-order valence-corrected chi connectivity index (χ0v) is 12.5. The number of aliphatic carboxylic acids is 1. The number of nitrogens with one attached hydrogen (secondary N) is 1. The Morgan fingerprint density at radius 2 is 1.95 bits per heavy atom. The van der Waals surface area contributed by atoms with E-state index in [1.165, 1.54) is 4.90 Å². The van der Waals surface area contributed by atoms with Gasteiger partial charge < -0.3 is 25.0 Å². The van der Waals surface area contributed by atoms with Crippen LogP contribution in [-0.2, 0) is 14.3 Å². The van der Waals surface area contributed by atoms with Gasteiger partial charge in [0.25, 0.3) is 0 Å². The van der Waals surface area contributed by atoms with Crippen molar-refractivity contribution in [2.24, 2.45) is 0 Å². The van der Waals surface area contributed by atoms with Crippen molar-refractivity contribution in [1.82, 2.24) is 15.1 Å². The molecule has 1 aliphatic heterocycles. The summed E-state index contributed by atoms with van der Waals surface area (Å²) in [4.78, 5) is 37.5. The predicted molar refractivity (Wildman–Crippen MR) is 74.9 cm³/mol. The van der Waals surface area contributed by atoms with Crippen molar-refractivity contribution in [3.8, 4) is 0 Å². The Balaban J connectivity index is 2.34. The zero-order valence-electron chi connectivity index (χ0n) is 12.5. The van der Waals surface area contributed by atoms with E-state index in [1.807, 2.05) is 0 Å². The van der Waals surface area contributed by atoms with Crippen molar-refractivity contribution in [2.75, 3.05) is 39.9 Å². The third kappa shape index (κ3) is 5.99. The molecule has 0 saturated carbocycles. The van der Waals surface area contributed by atoms with Gasteiger partial charge in [-0.2, -0.15) is 0 Å². The van der Waals surface area contributed by atoms with Crippen LogP contribution in [0.15, 0.2) is 0 Å². The van der Waals surface area contributed by atoms with Crippen molar-refractivity contribution >= 4 is 17.9 Å². The summed E-state index contributed by atoms with van der Waals surface area (Å²) in [5, 5.41) is 11.2. The van der Waals surface area contributed by atoms with E-state index in [2.05, 4.69) is 5.32 Å². The third-order valence-corrected chi connectivity index (χ3v) is 3.26. The Bertz CT molecular complexity index is 382. The summed E-state index contributed by atoms with van der Waals surface area (Å²) in [7, 11) is 1.57. The van der Waals surface area contributed by atoms with E-state index in [0.717, 1.165) is 0 Å². The highest BCUT2D eigenvalue weighted by Crippen LogP contribution is 2.01. The highest BCUT2D eigenvalue weighted by atomic mass is 16.5. The van der Waals surface area contributed by atoms with Crippen LogP contribution in [0.2, 0.25) is 0 Å². The molecule has 0 aromatic heterocycles. The van der Waals surface area contributed by atoms with E-state index in [-0.39, 0.29) is 18.4 Å². The van der Waals surface area contributed by atoms with Crippen LogP contribution in [0, 0.1) is 0 Å². The molecule has 120 valence electrons. The summed E-state index contributed by atoms with van der Waals surface area (Å²) in [6, 6.07) is -0.993. The molecule has 1 fully saturated rings. The first kappa shape index (κ1) is 17.2. The molecule has 1 saturated heterocycles. The summed E-state index contributed by atoms with van der Waals surface area (Å²) in [5.41, 5.74) is 0. The molecule has 0 bridgehead atoms. The smallest absolute Gasteiger partial charge is 0.317 e. The molecule has 0 aliphatic carbocycles. The molecule has 0 aromatic carbocycles. The molecule has 1 heterocycles. The maximum atomic E-state index is 12.1. The van der Waals surface area contributed by atoms with Gasteiger partial charge in [-0.25, -0.2) is 4.79 Å². The van der Waals surface area contributed by atoms with Gasteiger partial charge in [-0.1, -0.05) is 0 Å². The summed E-state index contributed by atoms with van der Waals surface area (Å²) >= 11 is 0. The van der Waals surface area contributed by atoms with E-state index < -0.39 is 12.0 Å². The van der Waals surface area contributed by atoms with Crippen LogP contribution in [0.3, 0.4) is 0 Å². The number of carboxylic acid groups (broad SMARTS) is 1. The average molecular weight is 301 g/mol. The number of hydrogen-bond donors (Lipinski definition) is 2. The molecule has 0 aromatic rings. The monoisotopic (exact) mass is 301 g/mol. The predicted octanol–water partition coefficient (Wildman–Crippen LogP) is -0.260. The molecule has 1 unspecified atom stereocenters. The van der Waals surface area contributed by atoms with E-state index >= 15 is 0 Å². The van der Waals surface area contributed by atoms with Gasteiger partial charge in [-0.05, 0) is 13.3 Å². The lowest BCUT2D eigenvalue weighted by Crippen LogP contribution is -2.52. The quantitative estimate of drug-likeness (QED) is 0.704. The average Bonchev–Trinajstić information content (AvgIpc) is 2.46. The standard InChI is InChI=1S/C13H23N3O5/c1-10(12(19)16-6-8-21-9-7-16)14-13(20)15(2)5-3-4-11(17)18/h10H,3-9H2,1-2H3,(H,14,20)(H,17,18). The van der Waals surface area contributed by atoms with Crippen LogP contribution in [0.5, 0.6) is 0 Å². The lowest BCUT2D eigenvalue weighted by Gasteiger charge is -2.30. The fraction of sp³-hybridized carbons (Fsp3) is 0.769. The second kappa shape index (κ2) is 8.46. The lowest BCUT2D eigenvalue weighted by atomic mass is 10.2. The topological polar surface area (TPSA) is 99.2 Å². The van der Waals surface area contributed by atoms with Gasteiger partial charge in [0.05, 0.1) is 13.2 Å². The Morgan fingerprint density at radius 1 is 1.33 bits per heavy atom. The van der Waals surface area contributed by atoms with Crippen LogP contribution in [0.25, 0.3) is 0 Å². The molecule has 1 rings (SSSR count).